The standard InChI is InChI=1S/C6HCl3F3N3/c7-2-1-13-4(3(8)14-2)15-5(9)6(10,11)12/h1H. The molecule has 0 fully saturated rings. The van der Waals surface area contributed by atoms with E-state index in [0.717, 1.165) is 6.20 Å². The van der Waals surface area contributed by atoms with Gasteiger partial charge in [0.05, 0.1) is 6.20 Å². The van der Waals surface area contributed by atoms with Gasteiger partial charge in [0.25, 0.3) is 0 Å². The molecule has 9 heteroatoms. The predicted molar refractivity (Wildman–Crippen MR) is 51.1 cm³/mol. The Morgan fingerprint density at radius 1 is 1.33 bits per heavy atom. The molecular formula is C6HCl3F3N3. The van der Waals surface area contributed by atoms with Crippen molar-refractivity contribution < 1.29 is 13.2 Å². The van der Waals surface area contributed by atoms with Crippen LogP contribution in [0, 0.1) is 0 Å². The van der Waals surface area contributed by atoms with Crippen molar-refractivity contribution >= 4 is 45.8 Å². The second-order valence-electron chi connectivity index (χ2n) is 2.21. The minimum absolute atomic E-state index is 0.0536. The number of alkyl halides is 3. The molecule has 0 amide bonds. The van der Waals surface area contributed by atoms with Crippen LogP contribution < -0.4 is 0 Å². The SMILES string of the molecule is FC(F)(F)C(Cl)=Nc1ncc(Cl)nc1Cl. The normalized spacial score (nSPS) is 13.1. The first-order valence-corrected chi connectivity index (χ1v) is 4.43. The highest BCUT2D eigenvalue weighted by molar-refractivity contribution is 6.67. The van der Waals surface area contributed by atoms with E-state index in [9.17, 15) is 13.2 Å². The molecule has 82 valence electrons. The third-order valence-electron chi connectivity index (χ3n) is 1.12. The van der Waals surface area contributed by atoms with Crippen LogP contribution in [0.15, 0.2) is 11.2 Å². The van der Waals surface area contributed by atoms with Gasteiger partial charge in [-0.2, -0.15) is 13.2 Å². The average molecular weight is 278 g/mol. The van der Waals surface area contributed by atoms with E-state index in [0.29, 0.717) is 0 Å². The number of hydrogen-bond donors (Lipinski definition) is 0. The Balaban J connectivity index is 3.09. The molecule has 0 radical (unpaired) electrons. The van der Waals surface area contributed by atoms with Crippen molar-refractivity contribution in [3.05, 3.63) is 16.5 Å². The van der Waals surface area contributed by atoms with Crippen LogP contribution in [0.2, 0.25) is 10.3 Å². The Hall–Kier alpha value is -0.590. The third-order valence-corrected chi connectivity index (χ3v) is 1.86. The van der Waals surface area contributed by atoms with Gasteiger partial charge in [0.15, 0.2) is 11.0 Å². The summed E-state index contributed by atoms with van der Waals surface area (Å²) in [6, 6.07) is 0. The maximum atomic E-state index is 12.0. The zero-order valence-corrected chi connectivity index (χ0v) is 8.95. The summed E-state index contributed by atoms with van der Waals surface area (Å²) >= 11 is 15.7. The smallest absolute Gasteiger partial charge is 0.231 e. The third kappa shape index (κ3) is 3.48. The highest BCUT2D eigenvalue weighted by Gasteiger charge is 2.34. The molecule has 0 saturated heterocycles. The lowest BCUT2D eigenvalue weighted by Crippen LogP contribution is -2.16. The van der Waals surface area contributed by atoms with Crippen LogP contribution in [0.25, 0.3) is 0 Å². The van der Waals surface area contributed by atoms with Gasteiger partial charge in [-0.3, -0.25) is 0 Å². The van der Waals surface area contributed by atoms with Crippen molar-refractivity contribution in [1.82, 2.24) is 9.97 Å². The molecule has 1 aromatic rings. The van der Waals surface area contributed by atoms with Gasteiger partial charge in [-0.05, 0) is 0 Å². The van der Waals surface area contributed by atoms with Crippen molar-refractivity contribution in [1.29, 1.82) is 0 Å². The fraction of sp³-hybridized carbons (Fsp3) is 0.167. The molecule has 0 saturated carbocycles. The quantitative estimate of drug-likeness (QED) is 0.736. The van der Waals surface area contributed by atoms with Crippen LogP contribution in [0.5, 0.6) is 0 Å². The van der Waals surface area contributed by atoms with Gasteiger partial charge in [0, 0.05) is 0 Å². The summed E-state index contributed by atoms with van der Waals surface area (Å²) in [5.74, 6) is -0.441. The average Bonchev–Trinajstić information content (AvgIpc) is 2.08. The number of nitrogens with zero attached hydrogens (tertiary/aromatic N) is 3. The summed E-state index contributed by atoms with van der Waals surface area (Å²) in [5, 5.41) is -1.99. The van der Waals surface area contributed by atoms with Crippen molar-refractivity contribution in [3.63, 3.8) is 0 Å². The van der Waals surface area contributed by atoms with Crippen molar-refractivity contribution in [2.75, 3.05) is 0 Å². The second kappa shape index (κ2) is 4.51. The minimum atomic E-state index is -4.74. The fourth-order valence-electron chi connectivity index (χ4n) is 0.572. The summed E-state index contributed by atoms with van der Waals surface area (Å²) in [6.45, 7) is 0. The zero-order chi connectivity index (χ0) is 11.6. The molecule has 0 aliphatic heterocycles. The number of rotatable bonds is 1. The summed E-state index contributed by atoms with van der Waals surface area (Å²) in [7, 11) is 0. The minimum Gasteiger partial charge on any atom is -0.231 e. The molecule has 0 spiro atoms. The lowest BCUT2D eigenvalue weighted by atomic mass is 10.6. The van der Waals surface area contributed by atoms with Crippen LogP contribution in [-0.2, 0) is 0 Å². The van der Waals surface area contributed by atoms with Crippen LogP contribution in [-0.4, -0.2) is 21.3 Å². The molecule has 1 aromatic heterocycles. The number of aromatic nitrogens is 2. The van der Waals surface area contributed by atoms with E-state index in [4.69, 9.17) is 34.8 Å². The van der Waals surface area contributed by atoms with Crippen LogP contribution in [0.3, 0.4) is 0 Å². The van der Waals surface area contributed by atoms with Crippen molar-refractivity contribution in [2.45, 2.75) is 6.18 Å². The Bertz CT molecular complexity index is 404. The Labute approximate surface area is 96.9 Å². The lowest BCUT2D eigenvalue weighted by molar-refractivity contribution is -0.0558. The Morgan fingerprint density at radius 3 is 2.40 bits per heavy atom. The lowest BCUT2D eigenvalue weighted by Gasteiger charge is -2.03. The van der Waals surface area contributed by atoms with Gasteiger partial charge in [0.1, 0.15) is 5.15 Å². The first-order valence-electron chi connectivity index (χ1n) is 3.30. The van der Waals surface area contributed by atoms with Gasteiger partial charge in [0.2, 0.25) is 5.17 Å². The summed E-state index contributed by atoms with van der Waals surface area (Å²) in [6.07, 6.45) is -3.74. The van der Waals surface area contributed by atoms with Gasteiger partial charge < -0.3 is 0 Å². The molecule has 1 rings (SSSR count). The molecule has 0 bridgehead atoms. The number of hydrogen-bond acceptors (Lipinski definition) is 3. The highest BCUT2D eigenvalue weighted by Crippen LogP contribution is 2.26. The summed E-state index contributed by atoms with van der Waals surface area (Å²) < 4.78 is 35.9. The van der Waals surface area contributed by atoms with Crippen LogP contribution in [0.1, 0.15) is 0 Å². The van der Waals surface area contributed by atoms with Crippen LogP contribution in [0.4, 0.5) is 19.0 Å². The molecule has 1 heterocycles. The first kappa shape index (κ1) is 12.5. The number of aliphatic imine (C=N–C) groups is 1. The molecule has 0 atom stereocenters. The molecule has 15 heavy (non-hydrogen) atoms. The molecule has 0 aliphatic carbocycles. The van der Waals surface area contributed by atoms with E-state index in [1.165, 1.54) is 0 Å². The Kier molecular flexibility index (Phi) is 3.75. The van der Waals surface area contributed by atoms with E-state index in [2.05, 4.69) is 15.0 Å². The predicted octanol–water partition coefficient (Wildman–Crippen LogP) is 3.61. The van der Waals surface area contributed by atoms with E-state index in [1.54, 1.807) is 0 Å². The number of halogens is 6. The molecule has 0 aromatic carbocycles. The molecular weight excluding hydrogens is 277 g/mol. The summed E-state index contributed by atoms with van der Waals surface area (Å²) in [4.78, 5) is 9.84. The molecule has 0 N–H and O–H groups in total. The maximum absolute atomic E-state index is 12.0. The van der Waals surface area contributed by atoms with E-state index in [1.807, 2.05) is 0 Å². The monoisotopic (exact) mass is 277 g/mol. The second-order valence-corrected chi connectivity index (χ2v) is 3.31. The van der Waals surface area contributed by atoms with Crippen LogP contribution >= 0.6 is 34.8 Å². The summed E-state index contributed by atoms with van der Waals surface area (Å²) in [5.41, 5.74) is 0. The first-order chi connectivity index (χ1) is 6.80. The van der Waals surface area contributed by atoms with E-state index >= 15 is 0 Å². The van der Waals surface area contributed by atoms with E-state index < -0.39 is 17.2 Å². The van der Waals surface area contributed by atoms with E-state index in [-0.39, 0.29) is 10.3 Å². The van der Waals surface area contributed by atoms with Gasteiger partial charge in [-0.1, -0.05) is 34.8 Å². The molecule has 3 nitrogen and oxygen atoms in total. The zero-order valence-electron chi connectivity index (χ0n) is 6.69. The van der Waals surface area contributed by atoms with Crippen molar-refractivity contribution in [3.8, 4) is 0 Å². The van der Waals surface area contributed by atoms with Crippen molar-refractivity contribution in [2.24, 2.45) is 4.99 Å². The Morgan fingerprint density at radius 2 is 1.93 bits per heavy atom. The molecule has 0 unspecified atom stereocenters. The van der Waals surface area contributed by atoms with Gasteiger partial charge in [-0.25, -0.2) is 15.0 Å². The largest absolute Gasteiger partial charge is 0.444 e. The molecule has 0 aliphatic rings. The maximum Gasteiger partial charge on any atom is 0.444 e. The van der Waals surface area contributed by atoms with Gasteiger partial charge >= 0.3 is 6.18 Å². The highest BCUT2D eigenvalue weighted by atomic mass is 35.5. The fourth-order valence-corrected chi connectivity index (χ4v) is 1.01. The topological polar surface area (TPSA) is 38.1 Å². The van der Waals surface area contributed by atoms with Gasteiger partial charge in [-0.15, -0.1) is 0 Å².